The zero-order valence-corrected chi connectivity index (χ0v) is 14.3. The van der Waals surface area contributed by atoms with Gasteiger partial charge >= 0.3 is 5.97 Å². The van der Waals surface area contributed by atoms with Gasteiger partial charge in [-0.2, -0.15) is 0 Å². The SMILES string of the molecule is COC(=O)C1CCCC1S(=O)(=O)Nc1cc(Br)ccc1C. The summed E-state index contributed by atoms with van der Waals surface area (Å²) in [4.78, 5) is 11.7. The van der Waals surface area contributed by atoms with Crippen LogP contribution in [0.2, 0.25) is 0 Å². The molecule has 1 N–H and O–H groups in total. The summed E-state index contributed by atoms with van der Waals surface area (Å²) in [5.41, 5.74) is 1.36. The summed E-state index contributed by atoms with van der Waals surface area (Å²) in [5.74, 6) is -1.03. The highest BCUT2D eigenvalue weighted by Gasteiger charge is 2.42. The summed E-state index contributed by atoms with van der Waals surface area (Å²) in [7, 11) is -2.34. The van der Waals surface area contributed by atoms with E-state index >= 15 is 0 Å². The van der Waals surface area contributed by atoms with Crippen molar-refractivity contribution in [2.75, 3.05) is 11.8 Å². The summed E-state index contributed by atoms with van der Waals surface area (Å²) < 4.78 is 33.2. The van der Waals surface area contributed by atoms with Crippen molar-refractivity contribution in [2.24, 2.45) is 5.92 Å². The van der Waals surface area contributed by atoms with E-state index in [1.165, 1.54) is 7.11 Å². The molecular weight excluding hydrogens is 358 g/mol. The predicted octanol–water partition coefficient (Wildman–Crippen LogP) is 2.84. The van der Waals surface area contributed by atoms with E-state index in [1.54, 1.807) is 6.07 Å². The van der Waals surface area contributed by atoms with Crippen LogP contribution < -0.4 is 4.72 Å². The fourth-order valence-corrected chi connectivity index (χ4v) is 4.85. The molecule has 0 bridgehead atoms. The van der Waals surface area contributed by atoms with Gasteiger partial charge in [0.05, 0.1) is 24.0 Å². The molecule has 0 aliphatic heterocycles. The molecule has 0 amide bonds. The minimum atomic E-state index is -3.63. The van der Waals surface area contributed by atoms with Gasteiger partial charge in [-0.3, -0.25) is 9.52 Å². The molecule has 21 heavy (non-hydrogen) atoms. The van der Waals surface area contributed by atoms with Crippen molar-refractivity contribution in [1.29, 1.82) is 0 Å². The van der Waals surface area contributed by atoms with Gasteiger partial charge in [-0.25, -0.2) is 8.42 Å². The lowest BCUT2D eigenvalue weighted by Gasteiger charge is -2.20. The number of esters is 1. The second-order valence-corrected chi connectivity index (χ2v) is 8.02. The first-order valence-electron chi connectivity index (χ1n) is 6.71. The van der Waals surface area contributed by atoms with Gasteiger partial charge in [0.1, 0.15) is 0 Å². The van der Waals surface area contributed by atoms with Crippen molar-refractivity contribution in [1.82, 2.24) is 0 Å². The Morgan fingerprint density at radius 2 is 2.10 bits per heavy atom. The second kappa shape index (κ2) is 6.36. The number of carbonyl (C=O) groups excluding carboxylic acids is 1. The number of sulfonamides is 1. The minimum Gasteiger partial charge on any atom is -0.469 e. The van der Waals surface area contributed by atoms with Gasteiger partial charge in [-0.05, 0) is 37.5 Å². The molecule has 2 rings (SSSR count). The fraction of sp³-hybridized carbons (Fsp3) is 0.500. The normalized spacial score (nSPS) is 22.0. The third kappa shape index (κ3) is 3.58. The third-order valence-electron chi connectivity index (χ3n) is 3.81. The molecule has 1 saturated carbocycles. The molecule has 0 spiro atoms. The Bertz CT molecular complexity index is 644. The summed E-state index contributed by atoms with van der Waals surface area (Å²) >= 11 is 3.32. The molecule has 0 heterocycles. The van der Waals surface area contributed by atoms with Crippen LogP contribution in [0.25, 0.3) is 0 Å². The number of carbonyl (C=O) groups is 1. The molecule has 116 valence electrons. The molecule has 7 heteroatoms. The van der Waals surface area contributed by atoms with Crippen LogP contribution in [0.3, 0.4) is 0 Å². The number of halogens is 1. The number of aryl methyl sites for hydroxylation is 1. The number of anilines is 1. The van der Waals surface area contributed by atoms with Crippen LogP contribution in [0.1, 0.15) is 24.8 Å². The first kappa shape index (κ1) is 16.3. The van der Waals surface area contributed by atoms with Crippen LogP contribution in [0.5, 0.6) is 0 Å². The Balaban J connectivity index is 2.25. The van der Waals surface area contributed by atoms with E-state index in [4.69, 9.17) is 4.74 Å². The van der Waals surface area contributed by atoms with E-state index in [0.717, 1.165) is 10.0 Å². The van der Waals surface area contributed by atoms with Crippen LogP contribution in [0.4, 0.5) is 5.69 Å². The smallest absolute Gasteiger partial charge is 0.310 e. The maximum atomic E-state index is 12.6. The lowest BCUT2D eigenvalue weighted by Crippen LogP contribution is -2.35. The van der Waals surface area contributed by atoms with Crippen molar-refractivity contribution >= 4 is 37.6 Å². The number of rotatable bonds is 4. The molecule has 5 nitrogen and oxygen atoms in total. The lowest BCUT2D eigenvalue weighted by molar-refractivity contribution is -0.145. The molecule has 1 aliphatic rings. The van der Waals surface area contributed by atoms with E-state index in [2.05, 4.69) is 20.7 Å². The van der Waals surface area contributed by atoms with Gasteiger partial charge in [0.2, 0.25) is 10.0 Å². The highest BCUT2D eigenvalue weighted by Crippen LogP contribution is 2.33. The highest BCUT2D eigenvalue weighted by molar-refractivity contribution is 9.10. The van der Waals surface area contributed by atoms with Crippen LogP contribution >= 0.6 is 15.9 Å². The van der Waals surface area contributed by atoms with Crippen molar-refractivity contribution in [2.45, 2.75) is 31.4 Å². The van der Waals surface area contributed by atoms with Gasteiger partial charge in [-0.1, -0.05) is 28.4 Å². The Labute approximate surface area is 133 Å². The average molecular weight is 376 g/mol. The van der Waals surface area contributed by atoms with Crippen molar-refractivity contribution in [3.8, 4) is 0 Å². The molecule has 2 atom stereocenters. The molecule has 1 aromatic rings. The number of methoxy groups -OCH3 is 1. The van der Waals surface area contributed by atoms with Gasteiger partial charge in [0.25, 0.3) is 0 Å². The van der Waals surface area contributed by atoms with Gasteiger partial charge < -0.3 is 4.74 Å². The number of hydrogen-bond donors (Lipinski definition) is 1. The van der Waals surface area contributed by atoms with E-state index in [1.807, 2.05) is 19.1 Å². The number of benzene rings is 1. The quantitative estimate of drug-likeness (QED) is 0.821. The van der Waals surface area contributed by atoms with E-state index in [9.17, 15) is 13.2 Å². The van der Waals surface area contributed by atoms with Crippen LogP contribution in [0, 0.1) is 12.8 Å². The van der Waals surface area contributed by atoms with Crippen LogP contribution in [0.15, 0.2) is 22.7 Å². The molecule has 0 saturated heterocycles. The van der Waals surface area contributed by atoms with Gasteiger partial charge in [0.15, 0.2) is 0 Å². The lowest BCUT2D eigenvalue weighted by atomic mass is 10.1. The molecule has 1 aromatic carbocycles. The van der Waals surface area contributed by atoms with E-state index < -0.39 is 27.2 Å². The molecule has 0 aromatic heterocycles. The number of hydrogen-bond acceptors (Lipinski definition) is 4. The summed E-state index contributed by atoms with van der Waals surface area (Å²) in [6.45, 7) is 1.83. The minimum absolute atomic E-state index is 0.450. The second-order valence-electron chi connectivity index (χ2n) is 5.21. The average Bonchev–Trinajstić information content (AvgIpc) is 2.92. The number of nitrogens with one attached hydrogen (secondary N) is 1. The Hall–Kier alpha value is -1.08. The Kier molecular flexibility index (Phi) is 4.93. The maximum Gasteiger partial charge on any atom is 0.310 e. The van der Waals surface area contributed by atoms with Crippen molar-refractivity contribution in [3.63, 3.8) is 0 Å². The first-order chi connectivity index (χ1) is 9.85. The summed E-state index contributed by atoms with van der Waals surface area (Å²) in [6, 6.07) is 5.39. The zero-order chi connectivity index (χ0) is 15.6. The predicted molar refractivity (Wildman–Crippen MR) is 84.6 cm³/mol. The molecule has 1 fully saturated rings. The molecule has 1 aliphatic carbocycles. The van der Waals surface area contributed by atoms with Crippen molar-refractivity contribution < 1.29 is 17.9 Å². The van der Waals surface area contributed by atoms with Crippen LogP contribution in [-0.4, -0.2) is 26.7 Å². The van der Waals surface area contributed by atoms with Crippen molar-refractivity contribution in [3.05, 3.63) is 28.2 Å². The third-order valence-corrected chi connectivity index (χ3v) is 6.17. The number of ether oxygens (including phenoxy) is 1. The monoisotopic (exact) mass is 375 g/mol. The summed E-state index contributed by atoms with van der Waals surface area (Å²) in [5, 5.41) is -0.733. The standard InChI is InChI=1S/C14H18BrNO4S/c1-9-6-7-10(15)8-12(9)16-21(18,19)13-5-3-4-11(13)14(17)20-2/h6-8,11,13,16H,3-5H2,1-2H3. The van der Waals surface area contributed by atoms with E-state index in [0.29, 0.717) is 24.9 Å². The largest absolute Gasteiger partial charge is 0.469 e. The molecule has 0 radical (unpaired) electrons. The molecular formula is C14H18BrNO4S. The highest BCUT2D eigenvalue weighted by atomic mass is 79.9. The Morgan fingerprint density at radius 3 is 2.76 bits per heavy atom. The maximum absolute atomic E-state index is 12.6. The summed E-state index contributed by atoms with van der Waals surface area (Å²) in [6.07, 6.45) is 1.74. The molecule has 2 unspecified atom stereocenters. The zero-order valence-electron chi connectivity index (χ0n) is 11.9. The fourth-order valence-electron chi connectivity index (χ4n) is 2.65. The Morgan fingerprint density at radius 1 is 1.38 bits per heavy atom. The topological polar surface area (TPSA) is 72.5 Å². The van der Waals surface area contributed by atoms with Gasteiger partial charge in [0, 0.05) is 4.47 Å². The van der Waals surface area contributed by atoms with Gasteiger partial charge in [-0.15, -0.1) is 0 Å². The first-order valence-corrected chi connectivity index (χ1v) is 9.04. The van der Waals surface area contributed by atoms with Crippen LogP contribution in [-0.2, 0) is 19.6 Å². The van der Waals surface area contributed by atoms with E-state index in [-0.39, 0.29) is 0 Å².